The Balaban J connectivity index is 1.66. The highest BCUT2D eigenvalue weighted by Gasteiger charge is 2.64. The molecule has 2 aromatic rings. The van der Waals surface area contributed by atoms with Crippen molar-refractivity contribution in [3.05, 3.63) is 47.9 Å². The van der Waals surface area contributed by atoms with Crippen molar-refractivity contribution in [1.29, 1.82) is 0 Å². The standard InChI is InChI=1S/C15H11F2NO4/c16-15(17)13(9-3-4-11-12(6-9)22-8-21-11)18(14(15)19)7-10-2-1-5-20-10/h1-6,13H,7-8H2/t13-/m0/s1. The SMILES string of the molecule is O=C1N(Cc2ccco2)[C@@H](c2ccc3c(c2)OCO3)C1(F)F. The Morgan fingerprint density at radius 1 is 1.23 bits per heavy atom. The molecule has 4 rings (SSSR count). The largest absolute Gasteiger partial charge is 0.467 e. The molecule has 0 spiro atoms. The molecule has 1 fully saturated rings. The van der Waals surface area contributed by atoms with Gasteiger partial charge in [0.05, 0.1) is 12.8 Å². The lowest BCUT2D eigenvalue weighted by Crippen LogP contribution is -2.63. The number of hydrogen-bond donors (Lipinski definition) is 0. The highest BCUT2D eigenvalue weighted by Crippen LogP contribution is 2.49. The summed E-state index contributed by atoms with van der Waals surface area (Å²) in [5.74, 6) is -3.26. The van der Waals surface area contributed by atoms with Gasteiger partial charge in [-0.15, -0.1) is 0 Å². The van der Waals surface area contributed by atoms with E-state index >= 15 is 0 Å². The van der Waals surface area contributed by atoms with E-state index < -0.39 is 17.9 Å². The summed E-state index contributed by atoms with van der Waals surface area (Å²) >= 11 is 0. The summed E-state index contributed by atoms with van der Waals surface area (Å²) in [6, 6.07) is 6.53. The number of furan rings is 1. The minimum absolute atomic E-state index is 0.000528. The van der Waals surface area contributed by atoms with E-state index in [4.69, 9.17) is 13.9 Å². The molecule has 1 aromatic carbocycles. The van der Waals surface area contributed by atoms with Crippen molar-refractivity contribution in [2.75, 3.05) is 6.79 Å². The number of amides is 1. The second-order valence-corrected chi connectivity index (χ2v) is 5.15. The molecule has 7 heteroatoms. The second kappa shape index (κ2) is 4.46. The van der Waals surface area contributed by atoms with Gasteiger partial charge in [-0.3, -0.25) is 4.79 Å². The third-order valence-corrected chi connectivity index (χ3v) is 3.82. The van der Waals surface area contributed by atoms with Gasteiger partial charge in [0.1, 0.15) is 11.8 Å². The van der Waals surface area contributed by atoms with Gasteiger partial charge in [-0.25, -0.2) is 0 Å². The van der Waals surface area contributed by atoms with Crippen LogP contribution in [0.25, 0.3) is 0 Å². The highest BCUT2D eigenvalue weighted by molar-refractivity contribution is 5.91. The maximum Gasteiger partial charge on any atom is 0.348 e. The van der Waals surface area contributed by atoms with E-state index in [1.54, 1.807) is 18.2 Å². The summed E-state index contributed by atoms with van der Waals surface area (Å²) in [5.41, 5.74) is 0.306. The summed E-state index contributed by atoms with van der Waals surface area (Å²) in [5, 5.41) is 0. The third kappa shape index (κ3) is 1.78. The van der Waals surface area contributed by atoms with Crippen LogP contribution >= 0.6 is 0 Å². The molecule has 0 N–H and O–H groups in total. The van der Waals surface area contributed by atoms with Gasteiger partial charge in [-0.1, -0.05) is 6.07 Å². The molecule has 114 valence electrons. The molecule has 0 radical (unpaired) electrons. The number of alkyl halides is 2. The quantitative estimate of drug-likeness (QED) is 0.818. The number of fused-ring (bicyclic) bond motifs is 1. The Morgan fingerprint density at radius 2 is 2.05 bits per heavy atom. The van der Waals surface area contributed by atoms with Gasteiger partial charge >= 0.3 is 5.92 Å². The van der Waals surface area contributed by atoms with Crippen LogP contribution in [0.2, 0.25) is 0 Å². The Labute approximate surface area is 124 Å². The number of β-lactam (4-membered cyclic amide) rings is 1. The van der Waals surface area contributed by atoms with Gasteiger partial charge in [-0.05, 0) is 29.8 Å². The molecule has 5 nitrogen and oxygen atoms in total. The van der Waals surface area contributed by atoms with Gasteiger partial charge in [0, 0.05) is 0 Å². The third-order valence-electron chi connectivity index (χ3n) is 3.82. The predicted molar refractivity (Wildman–Crippen MR) is 69.5 cm³/mol. The van der Waals surface area contributed by atoms with Crippen LogP contribution in [0.3, 0.4) is 0 Å². The summed E-state index contributed by atoms with van der Waals surface area (Å²) < 4.78 is 43.5. The Bertz CT molecular complexity index is 729. The Morgan fingerprint density at radius 3 is 2.82 bits per heavy atom. The number of hydrogen-bond acceptors (Lipinski definition) is 4. The molecular formula is C15H11F2NO4. The molecular weight excluding hydrogens is 296 g/mol. The fourth-order valence-electron chi connectivity index (χ4n) is 2.76. The molecule has 0 saturated carbocycles. The van der Waals surface area contributed by atoms with Crippen LogP contribution in [0.1, 0.15) is 17.4 Å². The number of ether oxygens (including phenoxy) is 2. The molecule has 0 aliphatic carbocycles. The highest BCUT2D eigenvalue weighted by atomic mass is 19.3. The van der Waals surface area contributed by atoms with Crippen LogP contribution in [-0.2, 0) is 11.3 Å². The number of benzene rings is 1. The number of likely N-dealkylation sites (tertiary alicyclic amines) is 1. The summed E-state index contributed by atoms with van der Waals surface area (Å²) in [6.07, 6.45) is 1.44. The maximum absolute atomic E-state index is 14.0. The molecule has 0 bridgehead atoms. The first-order valence-electron chi connectivity index (χ1n) is 6.68. The lowest BCUT2D eigenvalue weighted by Gasteiger charge is -2.46. The predicted octanol–water partition coefficient (Wildman–Crippen LogP) is 2.73. The van der Waals surface area contributed by atoms with Crippen LogP contribution < -0.4 is 9.47 Å². The van der Waals surface area contributed by atoms with E-state index in [1.807, 2.05) is 0 Å². The van der Waals surface area contributed by atoms with Crippen molar-refractivity contribution in [2.24, 2.45) is 0 Å². The minimum atomic E-state index is -3.43. The average molecular weight is 307 g/mol. The van der Waals surface area contributed by atoms with Gasteiger partial charge in [-0.2, -0.15) is 8.78 Å². The first-order valence-corrected chi connectivity index (χ1v) is 6.68. The molecule has 1 aromatic heterocycles. The average Bonchev–Trinajstić information content (AvgIpc) is 3.16. The van der Waals surface area contributed by atoms with Crippen LogP contribution in [0, 0.1) is 0 Å². The zero-order valence-corrected chi connectivity index (χ0v) is 11.3. The van der Waals surface area contributed by atoms with Gasteiger partial charge in [0.15, 0.2) is 11.5 Å². The van der Waals surface area contributed by atoms with Gasteiger partial charge in [0.25, 0.3) is 5.91 Å². The van der Waals surface area contributed by atoms with E-state index in [2.05, 4.69) is 0 Å². The lowest BCUT2D eigenvalue weighted by atomic mass is 9.89. The summed E-state index contributed by atoms with van der Waals surface area (Å²) in [7, 11) is 0. The smallest absolute Gasteiger partial charge is 0.348 e. The molecule has 1 saturated heterocycles. The summed E-state index contributed by atoms with van der Waals surface area (Å²) in [6.45, 7) is 0.0649. The van der Waals surface area contributed by atoms with E-state index in [9.17, 15) is 13.6 Å². The van der Waals surface area contributed by atoms with Crippen molar-refractivity contribution in [1.82, 2.24) is 4.90 Å². The first-order chi connectivity index (χ1) is 10.6. The van der Waals surface area contributed by atoms with E-state index in [0.717, 1.165) is 4.90 Å². The fraction of sp³-hybridized carbons (Fsp3) is 0.267. The number of nitrogens with zero attached hydrogens (tertiary/aromatic N) is 1. The van der Waals surface area contributed by atoms with Crippen molar-refractivity contribution >= 4 is 5.91 Å². The Kier molecular flexibility index (Phi) is 2.66. The molecule has 2 aliphatic rings. The van der Waals surface area contributed by atoms with E-state index in [0.29, 0.717) is 22.8 Å². The van der Waals surface area contributed by atoms with Gasteiger partial charge < -0.3 is 18.8 Å². The van der Waals surface area contributed by atoms with Gasteiger partial charge in [0.2, 0.25) is 6.79 Å². The van der Waals surface area contributed by atoms with Crippen LogP contribution in [0.15, 0.2) is 41.0 Å². The fourth-order valence-corrected chi connectivity index (χ4v) is 2.76. The van der Waals surface area contributed by atoms with E-state index in [1.165, 1.54) is 18.4 Å². The van der Waals surface area contributed by atoms with Crippen molar-refractivity contribution in [3.63, 3.8) is 0 Å². The van der Waals surface area contributed by atoms with E-state index in [-0.39, 0.29) is 13.3 Å². The zero-order valence-electron chi connectivity index (χ0n) is 11.3. The number of carbonyl (C=O) groups excluding carboxylic acids is 1. The maximum atomic E-state index is 14.0. The molecule has 2 aliphatic heterocycles. The molecule has 22 heavy (non-hydrogen) atoms. The summed E-state index contributed by atoms with van der Waals surface area (Å²) in [4.78, 5) is 12.8. The number of rotatable bonds is 3. The lowest BCUT2D eigenvalue weighted by molar-refractivity contribution is -0.208. The Hall–Kier alpha value is -2.57. The zero-order chi connectivity index (χ0) is 15.3. The normalized spacial score (nSPS) is 21.8. The molecule has 3 heterocycles. The van der Waals surface area contributed by atoms with Crippen molar-refractivity contribution < 1.29 is 27.5 Å². The second-order valence-electron chi connectivity index (χ2n) is 5.15. The minimum Gasteiger partial charge on any atom is -0.467 e. The van der Waals surface area contributed by atoms with Crippen LogP contribution in [0.5, 0.6) is 11.5 Å². The first kappa shape index (κ1) is 13.1. The molecule has 1 amide bonds. The topological polar surface area (TPSA) is 51.9 Å². The van der Waals surface area contributed by atoms with Crippen LogP contribution in [0.4, 0.5) is 8.78 Å². The molecule has 1 atom stereocenters. The van der Waals surface area contributed by atoms with Crippen LogP contribution in [-0.4, -0.2) is 23.5 Å². The van der Waals surface area contributed by atoms with Crippen molar-refractivity contribution in [2.45, 2.75) is 18.5 Å². The monoisotopic (exact) mass is 307 g/mol. The van der Waals surface area contributed by atoms with Crippen molar-refractivity contribution in [3.8, 4) is 11.5 Å². The number of carbonyl (C=O) groups is 1. The molecule has 0 unspecified atom stereocenters. The number of halogens is 2.